The molecule has 0 fully saturated rings. The lowest BCUT2D eigenvalue weighted by Crippen LogP contribution is -2.22. The number of carbonyl (C=O) groups is 1. The van der Waals surface area contributed by atoms with E-state index in [1.807, 2.05) is 36.4 Å². The molecule has 0 aliphatic rings. The van der Waals surface area contributed by atoms with Crippen LogP contribution in [0, 0.1) is 11.3 Å². The largest absolute Gasteiger partial charge is 0.348 e. The number of halogens is 1. The minimum absolute atomic E-state index is 0.101. The van der Waals surface area contributed by atoms with E-state index in [9.17, 15) is 4.79 Å². The predicted octanol–water partition coefficient (Wildman–Crippen LogP) is 3.38. The second-order valence-electron chi connectivity index (χ2n) is 4.32. The van der Waals surface area contributed by atoms with E-state index in [-0.39, 0.29) is 5.91 Å². The van der Waals surface area contributed by atoms with Gasteiger partial charge < -0.3 is 5.32 Å². The molecule has 0 aliphatic heterocycles. The molecule has 0 saturated carbocycles. The van der Waals surface area contributed by atoms with Crippen LogP contribution in [0.2, 0.25) is 0 Å². The highest BCUT2D eigenvalue weighted by atomic mass is 79.9. The van der Waals surface area contributed by atoms with E-state index in [0.29, 0.717) is 17.7 Å². The fourth-order valence-electron chi connectivity index (χ4n) is 1.73. The molecule has 0 saturated heterocycles. The van der Waals surface area contributed by atoms with Gasteiger partial charge in [-0.15, -0.1) is 0 Å². The van der Waals surface area contributed by atoms with Gasteiger partial charge in [0.15, 0.2) is 0 Å². The van der Waals surface area contributed by atoms with Crippen LogP contribution in [0.4, 0.5) is 0 Å². The molecule has 0 aliphatic carbocycles. The highest BCUT2D eigenvalue weighted by Crippen LogP contribution is 2.08. The van der Waals surface area contributed by atoms with E-state index in [4.69, 9.17) is 5.26 Å². The number of hydrogen-bond acceptors (Lipinski definition) is 2. The standard InChI is InChI=1S/C16H13BrN2O/c17-9-12-5-7-15(8-6-12)16(20)19-11-14-3-1-13(10-18)2-4-14/h1-8H,9,11H2,(H,19,20). The van der Waals surface area contributed by atoms with Crippen molar-refractivity contribution in [2.75, 3.05) is 0 Å². The molecule has 3 nitrogen and oxygen atoms in total. The summed E-state index contributed by atoms with van der Waals surface area (Å²) >= 11 is 3.37. The maximum absolute atomic E-state index is 12.0. The van der Waals surface area contributed by atoms with Crippen LogP contribution in [0.3, 0.4) is 0 Å². The van der Waals surface area contributed by atoms with Crippen molar-refractivity contribution in [3.8, 4) is 6.07 Å². The number of alkyl halides is 1. The zero-order chi connectivity index (χ0) is 14.4. The molecule has 0 radical (unpaired) electrons. The van der Waals surface area contributed by atoms with E-state index in [0.717, 1.165) is 16.5 Å². The fraction of sp³-hybridized carbons (Fsp3) is 0.125. The summed E-state index contributed by atoms with van der Waals surface area (Å²) < 4.78 is 0. The summed E-state index contributed by atoms with van der Waals surface area (Å²) in [6.45, 7) is 0.449. The van der Waals surface area contributed by atoms with E-state index in [1.165, 1.54) is 0 Å². The lowest BCUT2D eigenvalue weighted by Gasteiger charge is -2.06. The molecule has 4 heteroatoms. The summed E-state index contributed by atoms with van der Waals surface area (Å²) in [6.07, 6.45) is 0. The average Bonchev–Trinajstić information content (AvgIpc) is 2.53. The Kier molecular flexibility index (Phi) is 4.91. The number of nitriles is 1. The molecule has 100 valence electrons. The first-order chi connectivity index (χ1) is 9.72. The van der Waals surface area contributed by atoms with Crippen molar-refractivity contribution in [3.63, 3.8) is 0 Å². The Hall–Kier alpha value is -2.12. The van der Waals surface area contributed by atoms with Gasteiger partial charge >= 0.3 is 0 Å². The van der Waals surface area contributed by atoms with Gasteiger partial charge in [-0.3, -0.25) is 4.79 Å². The summed E-state index contributed by atoms with van der Waals surface area (Å²) in [6, 6.07) is 16.7. The highest BCUT2D eigenvalue weighted by Gasteiger charge is 2.05. The van der Waals surface area contributed by atoms with Crippen LogP contribution in [-0.2, 0) is 11.9 Å². The molecule has 1 N–H and O–H groups in total. The predicted molar refractivity (Wildman–Crippen MR) is 81.4 cm³/mol. The van der Waals surface area contributed by atoms with Crippen molar-refractivity contribution < 1.29 is 4.79 Å². The van der Waals surface area contributed by atoms with Crippen molar-refractivity contribution in [2.24, 2.45) is 0 Å². The Balaban J connectivity index is 1.95. The Labute approximate surface area is 126 Å². The van der Waals surface area contributed by atoms with Gasteiger partial charge in [0.2, 0.25) is 0 Å². The zero-order valence-electron chi connectivity index (χ0n) is 10.8. The van der Waals surface area contributed by atoms with Crippen LogP contribution in [0.15, 0.2) is 48.5 Å². The van der Waals surface area contributed by atoms with E-state index in [2.05, 4.69) is 27.3 Å². The summed E-state index contributed by atoms with van der Waals surface area (Å²) in [5, 5.41) is 12.3. The number of amides is 1. The van der Waals surface area contributed by atoms with Crippen molar-refractivity contribution >= 4 is 21.8 Å². The van der Waals surface area contributed by atoms with Crippen molar-refractivity contribution in [1.29, 1.82) is 5.26 Å². The normalized spacial score (nSPS) is 9.80. The smallest absolute Gasteiger partial charge is 0.251 e. The number of nitrogens with one attached hydrogen (secondary N) is 1. The molecule has 0 heterocycles. The molecular weight excluding hydrogens is 316 g/mol. The number of benzene rings is 2. The first-order valence-electron chi connectivity index (χ1n) is 6.15. The van der Waals surface area contributed by atoms with Gasteiger partial charge in [-0.25, -0.2) is 0 Å². The lowest BCUT2D eigenvalue weighted by atomic mass is 10.1. The van der Waals surface area contributed by atoms with Crippen molar-refractivity contribution in [2.45, 2.75) is 11.9 Å². The van der Waals surface area contributed by atoms with Gasteiger partial charge in [0.05, 0.1) is 11.6 Å². The fourth-order valence-corrected chi connectivity index (χ4v) is 2.10. The first kappa shape index (κ1) is 14.3. The topological polar surface area (TPSA) is 52.9 Å². The number of carbonyl (C=O) groups excluding carboxylic acids is 1. The van der Waals surface area contributed by atoms with Crippen LogP contribution in [0.5, 0.6) is 0 Å². The van der Waals surface area contributed by atoms with E-state index < -0.39 is 0 Å². The third kappa shape index (κ3) is 3.69. The second kappa shape index (κ2) is 6.88. The van der Waals surface area contributed by atoms with Crippen LogP contribution >= 0.6 is 15.9 Å². The van der Waals surface area contributed by atoms with Gasteiger partial charge in [-0.05, 0) is 35.4 Å². The minimum Gasteiger partial charge on any atom is -0.348 e. The molecule has 2 aromatic carbocycles. The second-order valence-corrected chi connectivity index (χ2v) is 4.88. The van der Waals surface area contributed by atoms with E-state index in [1.54, 1.807) is 12.1 Å². The monoisotopic (exact) mass is 328 g/mol. The molecule has 2 rings (SSSR count). The van der Waals surface area contributed by atoms with Gasteiger partial charge in [0, 0.05) is 17.4 Å². The van der Waals surface area contributed by atoms with Crippen LogP contribution in [-0.4, -0.2) is 5.91 Å². The molecule has 20 heavy (non-hydrogen) atoms. The van der Waals surface area contributed by atoms with Gasteiger partial charge in [0.1, 0.15) is 0 Å². The average molecular weight is 329 g/mol. The Morgan fingerprint density at radius 3 is 2.20 bits per heavy atom. The van der Waals surface area contributed by atoms with Crippen LogP contribution < -0.4 is 5.32 Å². The number of rotatable bonds is 4. The molecule has 0 aromatic heterocycles. The quantitative estimate of drug-likeness (QED) is 0.874. The molecule has 0 unspecified atom stereocenters. The zero-order valence-corrected chi connectivity index (χ0v) is 12.4. The SMILES string of the molecule is N#Cc1ccc(CNC(=O)c2ccc(CBr)cc2)cc1. The Morgan fingerprint density at radius 1 is 1.05 bits per heavy atom. The summed E-state index contributed by atoms with van der Waals surface area (Å²) in [7, 11) is 0. The van der Waals surface area contributed by atoms with Crippen LogP contribution in [0.1, 0.15) is 27.0 Å². The third-order valence-corrected chi connectivity index (χ3v) is 3.55. The summed E-state index contributed by atoms with van der Waals surface area (Å²) in [5.41, 5.74) is 3.36. The summed E-state index contributed by atoms with van der Waals surface area (Å²) in [4.78, 5) is 12.0. The molecule has 0 bridgehead atoms. The first-order valence-corrected chi connectivity index (χ1v) is 7.27. The van der Waals surface area contributed by atoms with Gasteiger partial charge in [-0.2, -0.15) is 5.26 Å². The lowest BCUT2D eigenvalue weighted by molar-refractivity contribution is 0.0951. The maximum Gasteiger partial charge on any atom is 0.251 e. The van der Waals surface area contributed by atoms with Crippen molar-refractivity contribution in [3.05, 3.63) is 70.8 Å². The number of hydrogen-bond donors (Lipinski definition) is 1. The maximum atomic E-state index is 12.0. The third-order valence-electron chi connectivity index (χ3n) is 2.91. The highest BCUT2D eigenvalue weighted by molar-refractivity contribution is 9.08. The van der Waals surface area contributed by atoms with Gasteiger partial charge in [0.25, 0.3) is 5.91 Å². The summed E-state index contributed by atoms with van der Waals surface area (Å²) in [5.74, 6) is -0.101. The number of nitrogens with zero attached hydrogens (tertiary/aromatic N) is 1. The molecule has 0 atom stereocenters. The molecule has 0 spiro atoms. The van der Waals surface area contributed by atoms with Gasteiger partial charge in [-0.1, -0.05) is 40.2 Å². The molecule has 2 aromatic rings. The van der Waals surface area contributed by atoms with Crippen molar-refractivity contribution in [1.82, 2.24) is 5.32 Å². The van der Waals surface area contributed by atoms with Crippen LogP contribution in [0.25, 0.3) is 0 Å². The molecule has 1 amide bonds. The Bertz CT molecular complexity index is 627. The van der Waals surface area contributed by atoms with E-state index >= 15 is 0 Å². The molecular formula is C16H13BrN2O. The Morgan fingerprint density at radius 2 is 1.65 bits per heavy atom. The minimum atomic E-state index is -0.101.